The van der Waals surface area contributed by atoms with E-state index in [1.165, 1.54) is 41.8 Å². The second kappa shape index (κ2) is 4.61. The highest BCUT2D eigenvalue weighted by Gasteiger charge is 2.34. The number of aromatic nitrogens is 2. The van der Waals surface area contributed by atoms with Crippen molar-refractivity contribution < 1.29 is 0 Å². The maximum Gasteiger partial charge on any atom is 0.0833 e. The summed E-state index contributed by atoms with van der Waals surface area (Å²) in [6, 6.07) is 9.15. The molecule has 0 amide bonds. The van der Waals surface area contributed by atoms with Gasteiger partial charge in [-0.15, -0.1) is 0 Å². The Morgan fingerprint density at radius 2 is 2.25 bits per heavy atom. The lowest BCUT2D eigenvalue weighted by atomic mass is 9.84. The molecule has 1 saturated heterocycles. The van der Waals surface area contributed by atoms with Gasteiger partial charge in [-0.2, -0.15) is 5.10 Å². The second-order valence-electron chi connectivity index (χ2n) is 5.90. The van der Waals surface area contributed by atoms with Crippen molar-refractivity contribution in [3.8, 4) is 11.3 Å². The van der Waals surface area contributed by atoms with Gasteiger partial charge in [-0.1, -0.05) is 23.7 Å². The largest absolute Gasteiger partial charge is 0.305 e. The third-order valence-corrected chi connectivity index (χ3v) is 4.77. The summed E-state index contributed by atoms with van der Waals surface area (Å²) in [6.45, 7) is 0. The van der Waals surface area contributed by atoms with E-state index in [0.717, 1.165) is 11.4 Å². The van der Waals surface area contributed by atoms with Crippen LogP contribution in [0.1, 0.15) is 36.6 Å². The number of fused-ring (bicyclic) bond motifs is 4. The molecule has 0 spiro atoms. The SMILES string of the molecule is Cn1nc2c(c1-c1cccc(Cl)c1)C[C@@H]1CCC[C@H]2N1. The fraction of sp³-hybridized carbons (Fsp3) is 0.438. The molecular weight excluding hydrogens is 270 g/mol. The highest BCUT2D eigenvalue weighted by Crippen LogP contribution is 2.38. The van der Waals surface area contributed by atoms with E-state index in [9.17, 15) is 0 Å². The Bertz CT molecular complexity index is 662. The van der Waals surface area contributed by atoms with Gasteiger partial charge in [0, 0.05) is 29.2 Å². The van der Waals surface area contributed by atoms with Crippen LogP contribution < -0.4 is 5.32 Å². The van der Waals surface area contributed by atoms with Crippen LogP contribution in [-0.2, 0) is 13.5 Å². The van der Waals surface area contributed by atoms with Crippen LogP contribution in [0.5, 0.6) is 0 Å². The predicted molar refractivity (Wildman–Crippen MR) is 80.9 cm³/mol. The molecule has 2 bridgehead atoms. The van der Waals surface area contributed by atoms with Crippen LogP contribution in [0.4, 0.5) is 0 Å². The van der Waals surface area contributed by atoms with Crippen molar-refractivity contribution in [2.45, 2.75) is 37.8 Å². The number of rotatable bonds is 1. The molecule has 3 nitrogen and oxygen atoms in total. The lowest BCUT2D eigenvalue weighted by molar-refractivity contribution is 0.297. The number of halogens is 1. The van der Waals surface area contributed by atoms with E-state index in [2.05, 4.69) is 11.4 Å². The Balaban J connectivity index is 1.87. The fourth-order valence-electron chi connectivity index (χ4n) is 3.71. The first-order valence-corrected chi connectivity index (χ1v) is 7.68. The number of hydrogen-bond donors (Lipinski definition) is 1. The molecule has 1 N–H and O–H groups in total. The van der Waals surface area contributed by atoms with Crippen LogP contribution in [0.25, 0.3) is 11.3 Å². The van der Waals surface area contributed by atoms with Crippen LogP contribution in [-0.4, -0.2) is 15.8 Å². The van der Waals surface area contributed by atoms with Crippen LogP contribution in [0.3, 0.4) is 0 Å². The summed E-state index contributed by atoms with van der Waals surface area (Å²) in [5.41, 5.74) is 5.08. The molecule has 2 aromatic rings. The van der Waals surface area contributed by atoms with Crippen molar-refractivity contribution in [2.75, 3.05) is 0 Å². The number of piperidine rings is 1. The lowest BCUT2D eigenvalue weighted by Crippen LogP contribution is -2.42. The lowest BCUT2D eigenvalue weighted by Gasteiger charge is -2.35. The maximum absolute atomic E-state index is 6.15. The quantitative estimate of drug-likeness (QED) is 0.870. The first kappa shape index (κ1) is 12.4. The van der Waals surface area contributed by atoms with Gasteiger partial charge in [-0.3, -0.25) is 4.68 Å². The number of nitrogens with zero attached hydrogens (tertiary/aromatic N) is 2. The fourth-order valence-corrected chi connectivity index (χ4v) is 3.90. The highest BCUT2D eigenvalue weighted by molar-refractivity contribution is 6.30. The average Bonchev–Trinajstić information content (AvgIpc) is 2.76. The molecule has 2 atom stereocenters. The zero-order chi connectivity index (χ0) is 13.7. The Hall–Kier alpha value is -1.32. The van der Waals surface area contributed by atoms with E-state index < -0.39 is 0 Å². The third-order valence-electron chi connectivity index (χ3n) is 4.54. The molecule has 1 aromatic carbocycles. The number of aryl methyl sites for hydroxylation is 1. The normalized spacial score (nSPS) is 24.5. The van der Waals surface area contributed by atoms with Crippen molar-refractivity contribution in [3.63, 3.8) is 0 Å². The molecule has 1 aromatic heterocycles. The van der Waals surface area contributed by atoms with Gasteiger partial charge in [-0.25, -0.2) is 0 Å². The smallest absolute Gasteiger partial charge is 0.0833 e. The van der Waals surface area contributed by atoms with Crippen molar-refractivity contribution >= 4 is 11.6 Å². The topological polar surface area (TPSA) is 29.9 Å². The Labute approximate surface area is 123 Å². The summed E-state index contributed by atoms with van der Waals surface area (Å²) in [5.74, 6) is 0. The van der Waals surface area contributed by atoms with E-state index >= 15 is 0 Å². The Kier molecular flexibility index (Phi) is 2.86. The van der Waals surface area contributed by atoms with Crippen molar-refractivity contribution in [2.24, 2.45) is 7.05 Å². The number of nitrogens with one attached hydrogen (secondary N) is 1. The number of hydrogen-bond acceptors (Lipinski definition) is 2. The Morgan fingerprint density at radius 3 is 3.10 bits per heavy atom. The van der Waals surface area contributed by atoms with E-state index in [4.69, 9.17) is 16.7 Å². The molecule has 104 valence electrons. The molecule has 0 saturated carbocycles. The van der Waals surface area contributed by atoms with Gasteiger partial charge in [0.15, 0.2) is 0 Å². The molecule has 4 heteroatoms. The first-order valence-electron chi connectivity index (χ1n) is 7.30. The van der Waals surface area contributed by atoms with Gasteiger partial charge in [0.2, 0.25) is 0 Å². The molecule has 0 radical (unpaired) electrons. The summed E-state index contributed by atoms with van der Waals surface area (Å²) in [4.78, 5) is 0. The minimum absolute atomic E-state index is 0.441. The third kappa shape index (κ3) is 1.88. The summed E-state index contributed by atoms with van der Waals surface area (Å²) in [6.07, 6.45) is 4.88. The van der Waals surface area contributed by atoms with Gasteiger partial charge in [0.05, 0.1) is 17.4 Å². The first-order chi connectivity index (χ1) is 9.72. The average molecular weight is 288 g/mol. The Morgan fingerprint density at radius 1 is 1.35 bits per heavy atom. The van der Waals surface area contributed by atoms with Crippen molar-refractivity contribution in [3.05, 3.63) is 40.5 Å². The standard InChI is InChI=1S/C16H18ClN3/c1-20-16(10-4-2-5-11(17)8-10)13-9-12-6-3-7-14(18-12)15(13)19-20/h2,4-5,8,12,14,18H,3,6-7,9H2,1H3/t12-,14+/m0/s1. The van der Waals surface area contributed by atoms with Gasteiger partial charge in [-0.05, 0) is 37.8 Å². The van der Waals surface area contributed by atoms with E-state index in [-0.39, 0.29) is 0 Å². The minimum Gasteiger partial charge on any atom is -0.305 e. The molecule has 3 heterocycles. The van der Waals surface area contributed by atoms with Crippen molar-refractivity contribution in [1.29, 1.82) is 0 Å². The second-order valence-corrected chi connectivity index (χ2v) is 6.33. The molecular formula is C16H18ClN3. The maximum atomic E-state index is 6.15. The number of benzene rings is 1. The molecule has 2 aliphatic rings. The zero-order valence-electron chi connectivity index (χ0n) is 11.6. The molecule has 4 rings (SSSR count). The van der Waals surface area contributed by atoms with Crippen LogP contribution in [0, 0.1) is 0 Å². The summed E-state index contributed by atoms with van der Waals surface area (Å²) >= 11 is 6.15. The van der Waals surface area contributed by atoms with Crippen LogP contribution in [0.15, 0.2) is 24.3 Å². The van der Waals surface area contributed by atoms with Gasteiger partial charge < -0.3 is 5.32 Å². The summed E-state index contributed by atoms with van der Waals surface area (Å²) in [7, 11) is 2.04. The van der Waals surface area contributed by atoms with E-state index in [1.54, 1.807) is 0 Å². The molecule has 0 aliphatic carbocycles. The van der Waals surface area contributed by atoms with E-state index in [1.807, 2.05) is 29.9 Å². The van der Waals surface area contributed by atoms with Gasteiger partial charge in [0.25, 0.3) is 0 Å². The zero-order valence-corrected chi connectivity index (χ0v) is 12.3. The monoisotopic (exact) mass is 287 g/mol. The van der Waals surface area contributed by atoms with Crippen molar-refractivity contribution in [1.82, 2.24) is 15.1 Å². The molecule has 2 aliphatic heterocycles. The van der Waals surface area contributed by atoms with E-state index in [0.29, 0.717) is 12.1 Å². The highest BCUT2D eigenvalue weighted by atomic mass is 35.5. The predicted octanol–water partition coefficient (Wildman–Crippen LogP) is 3.48. The molecule has 0 unspecified atom stereocenters. The summed E-state index contributed by atoms with van der Waals surface area (Å²) in [5, 5.41) is 9.28. The van der Waals surface area contributed by atoms with Gasteiger partial charge in [0.1, 0.15) is 0 Å². The van der Waals surface area contributed by atoms with Crippen LogP contribution in [0.2, 0.25) is 5.02 Å². The van der Waals surface area contributed by atoms with Crippen LogP contribution >= 0.6 is 11.6 Å². The summed E-state index contributed by atoms with van der Waals surface area (Å²) < 4.78 is 2.03. The minimum atomic E-state index is 0.441. The van der Waals surface area contributed by atoms with Gasteiger partial charge >= 0.3 is 0 Å². The molecule has 1 fully saturated rings. The molecule has 20 heavy (non-hydrogen) atoms.